The van der Waals surface area contributed by atoms with Crippen LogP contribution in [0.1, 0.15) is 100 Å². The molecule has 10 heteroatoms. The molecular weight excluding hydrogens is 430 g/mol. The van der Waals surface area contributed by atoms with Crippen molar-refractivity contribution in [1.82, 2.24) is 0 Å². The molecule has 170 valence electrons. The molecule has 0 rings (SSSR count). The minimum Gasteiger partial charge on any atom is -1.00 e. The number of rotatable bonds is 18. The van der Waals surface area contributed by atoms with Crippen LogP contribution in [0.25, 0.3) is 0 Å². The van der Waals surface area contributed by atoms with Gasteiger partial charge in [0.2, 0.25) is 0 Å². The molecule has 7 nitrogen and oxygen atoms in total. The molecule has 0 aliphatic rings. The van der Waals surface area contributed by atoms with E-state index in [-0.39, 0.29) is 75.2 Å². The molecule has 0 saturated carbocycles. The molecule has 0 aliphatic heterocycles. The van der Waals surface area contributed by atoms with Gasteiger partial charge in [-0.25, -0.2) is 0 Å². The van der Waals surface area contributed by atoms with E-state index in [0.717, 1.165) is 57.8 Å². The van der Waals surface area contributed by atoms with Gasteiger partial charge in [0.05, 0.1) is 19.6 Å². The van der Waals surface area contributed by atoms with Crippen LogP contribution in [0.3, 0.4) is 0 Å². The van der Waals surface area contributed by atoms with E-state index < -0.39 is 33.7 Å². The molecule has 0 aliphatic carbocycles. The molecule has 0 heterocycles. The van der Waals surface area contributed by atoms with Gasteiger partial charge in [-0.05, 0) is 12.8 Å². The van der Waals surface area contributed by atoms with Crippen molar-refractivity contribution in [3.8, 4) is 0 Å². The van der Waals surface area contributed by atoms with Crippen LogP contribution >= 0.6 is 0 Å². The number of hydrogen-bond donors (Lipinski definition) is 1. The van der Waals surface area contributed by atoms with Crippen molar-refractivity contribution in [3.05, 3.63) is 0 Å². The zero-order chi connectivity index (χ0) is 21.3. The van der Waals surface area contributed by atoms with Gasteiger partial charge >= 0.3 is 71.1 Å². The van der Waals surface area contributed by atoms with Crippen LogP contribution in [-0.4, -0.2) is 43.4 Å². The first-order valence-electron chi connectivity index (χ1n) is 10.6. The smallest absolute Gasteiger partial charge is 1.00 e. The van der Waals surface area contributed by atoms with Gasteiger partial charge < -0.3 is 12.3 Å². The summed E-state index contributed by atoms with van der Waals surface area (Å²) in [5, 5.41) is -1.93. The molecule has 0 aromatic carbocycles. The van der Waals surface area contributed by atoms with Crippen molar-refractivity contribution in [2.75, 3.05) is 13.2 Å². The summed E-state index contributed by atoms with van der Waals surface area (Å²) < 4.78 is 42.0. The largest absolute Gasteiger partial charge is 1.00 e. The molecule has 0 amide bonds. The molecule has 0 saturated heterocycles. The second kappa shape index (κ2) is 23.0. The Labute approximate surface area is 230 Å². The fourth-order valence-electron chi connectivity index (χ4n) is 2.74. The first kappa shape index (κ1) is 35.4. The Hall–Kier alpha value is 0.850. The molecule has 0 fully saturated rings. The van der Waals surface area contributed by atoms with Crippen LogP contribution in [0.4, 0.5) is 0 Å². The van der Waals surface area contributed by atoms with Crippen molar-refractivity contribution in [1.29, 1.82) is 0 Å². The maximum atomic E-state index is 12.0. The van der Waals surface area contributed by atoms with Crippen LogP contribution in [0.15, 0.2) is 0 Å². The van der Waals surface area contributed by atoms with Gasteiger partial charge in [0.25, 0.3) is 10.1 Å². The normalized spacial score (nSPS) is 11.7. The van der Waals surface area contributed by atoms with E-state index in [1.807, 2.05) is 0 Å². The van der Waals surface area contributed by atoms with Crippen molar-refractivity contribution < 1.29 is 94.0 Å². The van der Waals surface area contributed by atoms with Crippen LogP contribution in [-0.2, 0) is 29.2 Å². The third-order valence-electron chi connectivity index (χ3n) is 4.48. The van der Waals surface area contributed by atoms with Crippen LogP contribution in [0.5, 0.6) is 0 Å². The average molecular weight is 471 g/mol. The molecule has 1 unspecified atom stereocenters. The molecule has 0 radical (unpaired) electrons. The quantitative estimate of drug-likeness (QED) is 0.115. The second-order valence-electron chi connectivity index (χ2n) is 7.13. The van der Waals surface area contributed by atoms with E-state index in [9.17, 15) is 22.6 Å². The summed E-state index contributed by atoms with van der Waals surface area (Å²) in [5.41, 5.74) is 0. The van der Waals surface area contributed by atoms with Crippen LogP contribution in [0, 0.1) is 0 Å². The third-order valence-corrected chi connectivity index (χ3v) is 5.56. The van der Waals surface area contributed by atoms with E-state index in [0.29, 0.717) is 12.8 Å². The fourth-order valence-corrected chi connectivity index (χ4v) is 3.39. The number of ether oxygens (including phenoxy) is 2. The number of esters is 2. The summed E-state index contributed by atoms with van der Waals surface area (Å²) in [6.45, 7) is 4.50. The summed E-state index contributed by atoms with van der Waals surface area (Å²) >= 11 is 0. The van der Waals surface area contributed by atoms with Crippen LogP contribution in [0.2, 0.25) is 0 Å². The summed E-state index contributed by atoms with van der Waals surface area (Å²) in [6, 6.07) is 0. The van der Waals surface area contributed by atoms with Gasteiger partial charge in [0, 0.05) is 0 Å². The second-order valence-corrected chi connectivity index (χ2v) is 8.73. The molecule has 0 spiro atoms. The predicted molar refractivity (Wildman–Crippen MR) is 111 cm³/mol. The van der Waals surface area contributed by atoms with Crippen LogP contribution < -0.4 is 59.1 Å². The molecule has 0 aromatic heterocycles. The minimum atomic E-state index is -4.73. The Morgan fingerprint density at radius 2 is 1.17 bits per heavy atom. The van der Waals surface area contributed by atoms with Gasteiger partial charge in [0.1, 0.15) is 0 Å². The van der Waals surface area contributed by atoms with Gasteiger partial charge in [-0.1, -0.05) is 78.1 Å². The number of hydrogen-bond acceptors (Lipinski definition) is 6. The Balaban J connectivity index is -0.000000607. The maximum absolute atomic E-state index is 12.0. The number of carbonyl (C=O) groups is 2. The third kappa shape index (κ3) is 20.7. The minimum absolute atomic E-state index is 0. The summed E-state index contributed by atoms with van der Waals surface area (Å²) in [5.74, 6) is -1.93. The standard InChI is InChI=1S/C20H38O7S.2Na.2H/c1-3-5-7-9-11-13-15-26-19(21)17-18(28(23,24)25)20(22)27-16-14-12-10-8-6-4-2;;;;/h18H,3-17H2,1-2H3,(H,23,24,25);;;;/q;2*+1;2*-1. The van der Waals surface area contributed by atoms with Gasteiger partial charge in [-0.2, -0.15) is 8.42 Å². The molecule has 0 bridgehead atoms. The first-order chi connectivity index (χ1) is 13.3. The van der Waals surface area contributed by atoms with E-state index in [2.05, 4.69) is 13.8 Å². The molecule has 30 heavy (non-hydrogen) atoms. The molecule has 1 atom stereocenters. The van der Waals surface area contributed by atoms with E-state index in [4.69, 9.17) is 9.47 Å². The molecule has 0 aromatic rings. The number of carbonyl (C=O) groups excluding carboxylic acids is 2. The zero-order valence-electron chi connectivity index (χ0n) is 21.5. The maximum Gasteiger partial charge on any atom is 1.00 e. The predicted octanol–water partition coefficient (Wildman–Crippen LogP) is -1.33. The van der Waals surface area contributed by atoms with Crippen molar-refractivity contribution >= 4 is 22.1 Å². The van der Waals surface area contributed by atoms with E-state index in [1.165, 1.54) is 6.42 Å². The monoisotopic (exact) mass is 470 g/mol. The SMILES string of the molecule is CCCCCCCCOC(=O)CC(C(=O)OCCCCCCCC)S(=O)(=O)O.[H-].[H-].[Na+].[Na+]. The van der Waals surface area contributed by atoms with Crippen molar-refractivity contribution in [3.63, 3.8) is 0 Å². The fraction of sp³-hybridized carbons (Fsp3) is 0.900. The van der Waals surface area contributed by atoms with E-state index >= 15 is 0 Å². The average Bonchev–Trinajstić information content (AvgIpc) is 2.63. The summed E-state index contributed by atoms with van der Waals surface area (Å²) in [4.78, 5) is 23.8. The first-order valence-corrected chi connectivity index (χ1v) is 12.1. The summed E-state index contributed by atoms with van der Waals surface area (Å²) in [7, 11) is -4.73. The zero-order valence-corrected chi connectivity index (χ0v) is 24.3. The summed E-state index contributed by atoms with van der Waals surface area (Å²) in [6.07, 6.45) is 11.3. The Bertz CT molecular complexity index is 538. The molecular formula is C20H40Na2O7S. The molecule has 1 N–H and O–H groups in total. The van der Waals surface area contributed by atoms with Gasteiger partial charge in [-0.15, -0.1) is 0 Å². The topological polar surface area (TPSA) is 107 Å². The van der Waals surface area contributed by atoms with Crippen molar-refractivity contribution in [2.45, 2.75) is 103 Å². The Morgan fingerprint density at radius 3 is 1.60 bits per heavy atom. The van der Waals surface area contributed by atoms with Crippen molar-refractivity contribution in [2.24, 2.45) is 0 Å². The Morgan fingerprint density at radius 1 is 0.767 bits per heavy atom. The van der Waals surface area contributed by atoms with Gasteiger partial charge in [-0.3, -0.25) is 14.1 Å². The van der Waals surface area contributed by atoms with E-state index in [1.54, 1.807) is 0 Å². The van der Waals surface area contributed by atoms with Gasteiger partial charge in [0.15, 0.2) is 5.25 Å². The number of unbranched alkanes of at least 4 members (excludes halogenated alkanes) is 10. The Kier molecular flexibility index (Phi) is 27.2.